The molecule has 0 bridgehead atoms. The van der Waals surface area contributed by atoms with E-state index in [4.69, 9.17) is 4.99 Å². The first-order valence-electron chi connectivity index (χ1n) is 6.16. The van der Waals surface area contributed by atoms with Gasteiger partial charge in [-0.25, -0.2) is 0 Å². The molecule has 0 amide bonds. The van der Waals surface area contributed by atoms with Crippen LogP contribution in [0.3, 0.4) is 0 Å². The molecule has 0 atom stereocenters. The van der Waals surface area contributed by atoms with Gasteiger partial charge in [-0.2, -0.15) is 0 Å². The molecular weight excluding hydrogens is 184 g/mol. The van der Waals surface area contributed by atoms with Crippen molar-refractivity contribution in [1.29, 1.82) is 0 Å². The van der Waals surface area contributed by atoms with E-state index in [2.05, 4.69) is 39.9 Å². The lowest BCUT2D eigenvalue weighted by molar-refractivity contribution is 0.252. The van der Waals surface area contributed by atoms with Crippen molar-refractivity contribution in [1.82, 2.24) is 5.32 Å². The van der Waals surface area contributed by atoms with E-state index in [9.17, 15) is 0 Å². The lowest BCUT2D eigenvalue weighted by atomic mass is 9.81. The summed E-state index contributed by atoms with van der Waals surface area (Å²) < 4.78 is 0. The Labute approximate surface area is 94.6 Å². The van der Waals surface area contributed by atoms with Gasteiger partial charge in [-0.15, -0.1) is 0 Å². The van der Waals surface area contributed by atoms with E-state index in [0.717, 1.165) is 19.4 Å². The zero-order valence-electron chi connectivity index (χ0n) is 11.0. The number of unbranched alkanes of at least 4 members (excludes halogenated alkanes) is 1. The van der Waals surface area contributed by atoms with Gasteiger partial charge >= 0.3 is 0 Å². The van der Waals surface area contributed by atoms with E-state index in [-0.39, 0.29) is 11.1 Å². The van der Waals surface area contributed by atoms with E-state index in [1.165, 1.54) is 18.6 Å². The second-order valence-corrected chi connectivity index (χ2v) is 6.05. The van der Waals surface area contributed by atoms with E-state index in [1.54, 1.807) is 0 Å². The predicted molar refractivity (Wildman–Crippen MR) is 67.7 cm³/mol. The second kappa shape index (κ2) is 4.65. The molecule has 0 aromatic rings. The monoisotopic (exact) mass is 210 g/mol. The molecule has 1 fully saturated rings. The van der Waals surface area contributed by atoms with Gasteiger partial charge in [-0.3, -0.25) is 4.99 Å². The summed E-state index contributed by atoms with van der Waals surface area (Å²) in [5.41, 5.74) is 1.80. The predicted octanol–water partition coefficient (Wildman–Crippen LogP) is 3.17. The summed E-state index contributed by atoms with van der Waals surface area (Å²) in [5.74, 6) is 0. The first-order valence-corrected chi connectivity index (χ1v) is 6.16. The highest BCUT2D eigenvalue weighted by molar-refractivity contribution is 5.87. The van der Waals surface area contributed by atoms with Gasteiger partial charge in [0.05, 0.1) is 0 Å². The van der Waals surface area contributed by atoms with Crippen molar-refractivity contribution in [3.63, 3.8) is 0 Å². The van der Waals surface area contributed by atoms with Crippen LogP contribution in [0.2, 0.25) is 0 Å². The minimum Gasteiger partial charge on any atom is -0.306 e. The Kier molecular flexibility index (Phi) is 3.93. The summed E-state index contributed by atoms with van der Waals surface area (Å²) in [5, 5.41) is 3.67. The summed E-state index contributed by atoms with van der Waals surface area (Å²) in [6, 6.07) is 0. The van der Waals surface area contributed by atoms with E-state index in [0.29, 0.717) is 0 Å². The molecule has 0 unspecified atom stereocenters. The lowest BCUT2D eigenvalue weighted by Crippen LogP contribution is -2.58. The Bertz CT molecular complexity index is 221. The van der Waals surface area contributed by atoms with Crippen LogP contribution in [-0.2, 0) is 0 Å². The van der Waals surface area contributed by atoms with Crippen molar-refractivity contribution in [2.45, 2.75) is 71.4 Å². The molecule has 0 radical (unpaired) electrons. The summed E-state index contributed by atoms with van der Waals surface area (Å²) in [4.78, 5) is 4.74. The zero-order chi connectivity index (χ0) is 11.5. The van der Waals surface area contributed by atoms with E-state index < -0.39 is 0 Å². The zero-order valence-corrected chi connectivity index (χ0v) is 11.0. The number of rotatable bonds is 3. The van der Waals surface area contributed by atoms with Crippen LogP contribution in [0.15, 0.2) is 4.99 Å². The van der Waals surface area contributed by atoms with Gasteiger partial charge in [-0.1, -0.05) is 13.3 Å². The van der Waals surface area contributed by atoms with Gasteiger partial charge in [0.25, 0.3) is 0 Å². The normalized spacial score (nSPS) is 23.9. The van der Waals surface area contributed by atoms with Crippen LogP contribution in [0.1, 0.15) is 60.3 Å². The van der Waals surface area contributed by atoms with Gasteiger partial charge in [0.15, 0.2) is 0 Å². The van der Waals surface area contributed by atoms with Crippen LogP contribution in [0.5, 0.6) is 0 Å². The third-order valence-corrected chi connectivity index (χ3v) is 2.82. The average Bonchev–Trinajstić information content (AvgIpc) is 1.98. The lowest BCUT2D eigenvalue weighted by Gasteiger charge is -2.43. The van der Waals surface area contributed by atoms with Crippen molar-refractivity contribution in [2.75, 3.05) is 6.54 Å². The highest BCUT2D eigenvalue weighted by Gasteiger charge is 2.35. The molecule has 1 aliphatic heterocycles. The standard InChI is InChI=1S/C13H26N2/c1-6-7-8-14-11-9-12(2,3)15-13(4,5)10-11/h15H,6-10H2,1-5H3. The number of aliphatic imine (C=N–C) groups is 1. The van der Waals surface area contributed by atoms with Crippen molar-refractivity contribution in [3.8, 4) is 0 Å². The van der Waals surface area contributed by atoms with E-state index in [1.807, 2.05) is 0 Å². The quantitative estimate of drug-likeness (QED) is 0.711. The fourth-order valence-corrected chi connectivity index (χ4v) is 2.59. The first kappa shape index (κ1) is 12.7. The molecular formula is C13H26N2. The highest BCUT2D eigenvalue weighted by atomic mass is 15.1. The van der Waals surface area contributed by atoms with E-state index >= 15 is 0 Å². The molecule has 0 spiro atoms. The van der Waals surface area contributed by atoms with Crippen LogP contribution in [0.4, 0.5) is 0 Å². The molecule has 1 aliphatic rings. The molecule has 0 saturated carbocycles. The van der Waals surface area contributed by atoms with Crippen LogP contribution in [-0.4, -0.2) is 23.3 Å². The number of hydrogen-bond acceptors (Lipinski definition) is 2. The largest absolute Gasteiger partial charge is 0.306 e. The molecule has 0 aliphatic carbocycles. The van der Waals surface area contributed by atoms with Crippen molar-refractivity contribution < 1.29 is 0 Å². The summed E-state index contributed by atoms with van der Waals surface area (Å²) in [7, 11) is 0. The molecule has 1 saturated heterocycles. The maximum absolute atomic E-state index is 4.74. The molecule has 0 aromatic heterocycles. The third kappa shape index (κ3) is 4.33. The first-order chi connectivity index (χ1) is 6.85. The number of nitrogens with one attached hydrogen (secondary N) is 1. The highest BCUT2D eigenvalue weighted by Crippen LogP contribution is 2.26. The average molecular weight is 210 g/mol. The maximum Gasteiger partial charge on any atom is 0.0388 e. The minimum absolute atomic E-state index is 0.201. The molecule has 2 heteroatoms. The molecule has 1 rings (SSSR count). The Morgan fingerprint density at radius 3 is 2.13 bits per heavy atom. The van der Waals surface area contributed by atoms with Crippen molar-refractivity contribution in [2.24, 2.45) is 4.99 Å². The third-order valence-electron chi connectivity index (χ3n) is 2.82. The fraction of sp³-hybridized carbons (Fsp3) is 0.923. The van der Waals surface area contributed by atoms with Crippen LogP contribution < -0.4 is 5.32 Å². The summed E-state index contributed by atoms with van der Waals surface area (Å²) >= 11 is 0. The van der Waals surface area contributed by atoms with Crippen LogP contribution in [0.25, 0.3) is 0 Å². The van der Waals surface area contributed by atoms with Crippen LogP contribution >= 0.6 is 0 Å². The molecule has 0 aromatic carbocycles. The van der Waals surface area contributed by atoms with Gasteiger partial charge in [0, 0.05) is 36.2 Å². The Balaban J connectivity index is 2.62. The minimum atomic E-state index is 0.201. The summed E-state index contributed by atoms with van der Waals surface area (Å²) in [6.07, 6.45) is 4.65. The summed E-state index contributed by atoms with van der Waals surface area (Å²) in [6.45, 7) is 12.3. The van der Waals surface area contributed by atoms with Gasteiger partial charge in [0.1, 0.15) is 0 Å². The molecule has 88 valence electrons. The number of nitrogens with zero attached hydrogens (tertiary/aromatic N) is 1. The maximum atomic E-state index is 4.74. The smallest absolute Gasteiger partial charge is 0.0388 e. The number of piperidine rings is 1. The van der Waals surface area contributed by atoms with Crippen molar-refractivity contribution in [3.05, 3.63) is 0 Å². The van der Waals surface area contributed by atoms with Gasteiger partial charge in [-0.05, 0) is 34.1 Å². The Morgan fingerprint density at radius 1 is 1.13 bits per heavy atom. The van der Waals surface area contributed by atoms with Crippen LogP contribution in [0, 0.1) is 0 Å². The number of hydrogen-bond donors (Lipinski definition) is 1. The Hall–Kier alpha value is -0.370. The Morgan fingerprint density at radius 2 is 1.67 bits per heavy atom. The topological polar surface area (TPSA) is 24.4 Å². The fourth-order valence-electron chi connectivity index (χ4n) is 2.59. The second-order valence-electron chi connectivity index (χ2n) is 6.05. The van der Waals surface area contributed by atoms with Crippen molar-refractivity contribution >= 4 is 5.71 Å². The van der Waals surface area contributed by atoms with Gasteiger partial charge in [0.2, 0.25) is 0 Å². The molecule has 2 nitrogen and oxygen atoms in total. The molecule has 1 N–H and O–H groups in total. The SMILES string of the molecule is CCCCN=C1CC(C)(C)NC(C)(C)C1. The molecule has 15 heavy (non-hydrogen) atoms. The molecule has 1 heterocycles. The van der Waals surface area contributed by atoms with Gasteiger partial charge < -0.3 is 5.32 Å².